The third-order valence-corrected chi connectivity index (χ3v) is 3.60. The van der Waals surface area contributed by atoms with Crippen LogP contribution in [0.15, 0.2) is 22.7 Å². The Balaban J connectivity index is 2.91. The smallest absolute Gasteiger partial charge is 0.256 e. The van der Waals surface area contributed by atoms with Crippen molar-refractivity contribution in [2.45, 2.75) is 25.9 Å². The quantitative estimate of drug-likeness (QED) is 0.915. The van der Waals surface area contributed by atoms with Crippen molar-refractivity contribution in [3.63, 3.8) is 0 Å². The zero-order chi connectivity index (χ0) is 13.1. The van der Waals surface area contributed by atoms with Crippen LogP contribution in [0.2, 0.25) is 5.02 Å². The second kappa shape index (κ2) is 5.85. The minimum absolute atomic E-state index is 0.206. The zero-order valence-electron chi connectivity index (χ0n) is 10.0. The molecule has 0 bridgehead atoms. The van der Waals surface area contributed by atoms with Crippen molar-refractivity contribution >= 4 is 39.1 Å². The molecule has 0 spiro atoms. The van der Waals surface area contributed by atoms with Gasteiger partial charge in [0.25, 0.3) is 5.91 Å². The highest BCUT2D eigenvalue weighted by atomic mass is 79.9. The van der Waals surface area contributed by atoms with Gasteiger partial charge in [0.05, 0.1) is 10.7 Å². The van der Waals surface area contributed by atoms with Crippen molar-refractivity contribution < 1.29 is 9.53 Å². The van der Waals surface area contributed by atoms with Gasteiger partial charge >= 0.3 is 0 Å². The highest BCUT2D eigenvalue weighted by Gasteiger charge is 2.31. The van der Waals surface area contributed by atoms with E-state index in [2.05, 4.69) is 21.2 Å². The molecule has 1 rings (SSSR count). The molecule has 0 fully saturated rings. The van der Waals surface area contributed by atoms with Gasteiger partial charge in [-0.3, -0.25) is 4.79 Å². The maximum Gasteiger partial charge on any atom is 0.256 e. The average molecular weight is 321 g/mol. The van der Waals surface area contributed by atoms with Crippen molar-refractivity contribution in [1.29, 1.82) is 0 Å². The first-order valence-electron chi connectivity index (χ1n) is 5.24. The summed E-state index contributed by atoms with van der Waals surface area (Å²) >= 11 is 9.33. The fourth-order valence-corrected chi connectivity index (χ4v) is 1.77. The van der Waals surface area contributed by atoms with Crippen LogP contribution < -0.4 is 5.32 Å². The van der Waals surface area contributed by atoms with E-state index >= 15 is 0 Å². The van der Waals surface area contributed by atoms with E-state index in [1.165, 1.54) is 7.11 Å². The second-order valence-corrected chi connectivity index (χ2v) is 5.19. The van der Waals surface area contributed by atoms with Crippen LogP contribution >= 0.6 is 27.5 Å². The number of benzene rings is 1. The van der Waals surface area contributed by atoms with Crippen molar-refractivity contribution in [1.82, 2.24) is 0 Å². The zero-order valence-corrected chi connectivity index (χ0v) is 12.4. The molecular weight excluding hydrogens is 305 g/mol. The Labute approximate surface area is 115 Å². The van der Waals surface area contributed by atoms with Crippen LogP contribution in [0.4, 0.5) is 5.69 Å². The lowest BCUT2D eigenvalue weighted by atomic mass is 10.0. The Morgan fingerprint density at radius 2 is 2.24 bits per heavy atom. The Morgan fingerprint density at radius 3 is 2.76 bits per heavy atom. The molecule has 0 saturated heterocycles. The first-order valence-corrected chi connectivity index (χ1v) is 6.41. The molecule has 0 aliphatic rings. The summed E-state index contributed by atoms with van der Waals surface area (Å²) in [5.74, 6) is -0.206. The molecule has 1 aromatic carbocycles. The number of ether oxygens (including phenoxy) is 1. The number of amides is 1. The predicted octanol–water partition coefficient (Wildman–Crippen LogP) is 3.86. The summed E-state index contributed by atoms with van der Waals surface area (Å²) in [7, 11) is 1.52. The van der Waals surface area contributed by atoms with Crippen molar-refractivity contribution in [2.24, 2.45) is 0 Å². The topological polar surface area (TPSA) is 38.3 Å². The van der Waals surface area contributed by atoms with Crippen LogP contribution in [0, 0.1) is 0 Å². The lowest BCUT2D eigenvalue weighted by Crippen LogP contribution is -2.41. The molecule has 0 aliphatic heterocycles. The molecule has 0 saturated carbocycles. The Hall–Kier alpha value is -0.580. The first-order chi connectivity index (χ1) is 7.92. The maximum atomic E-state index is 12.0. The maximum absolute atomic E-state index is 12.0. The van der Waals surface area contributed by atoms with Gasteiger partial charge in [-0.05, 0) is 31.5 Å². The Bertz CT molecular complexity index is 419. The number of carbonyl (C=O) groups excluding carboxylic acids is 1. The molecule has 94 valence electrons. The third-order valence-electron chi connectivity index (χ3n) is 2.78. The molecule has 1 N–H and O–H groups in total. The summed E-state index contributed by atoms with van der Waals surface area (Å²) in [6, 6.07) is 5.29. The van der Waals surface area contributed by atoms with Gasteiger partial charge in [-0.25, -0.2) is 0 Å². The van der Waals surface area contributed by atoms with Crippen LogP contribution in [0.3, 0.4) is 0 Å². The molecule has 3 nitrogen and oxygen atoms in total. The molecule has 0 radical (unpaired) electrons. The van der Waals surface area contributed by atoms with Crippen LogP contribution in [-0.2, 0) is 9.53 Å². The van der Waals surface area contributed by atoms with Crippen molar-refractivity contribution in [2.75, 3.05) is 12.4 Å². The molecule has 1 amide bonds. The summed E-state index contributed by atoms with van der Waals surface area (Å²) in [5.41, 5.74) is -0.270. The van der Waals surface area contributed by atoms with Gasteiger partial charge < -0.3 is 10.1 Å². The number of halogens is 2. The lowest BCUT2D eigenvalue weighted by molar-refractivity contribution is -0.136. The molecule has 0 aromatic heterocycles. The number of carbonyl (C=O) groups is 1. The molecule has 5 heteroatoms. The van der Waals surface area contributed by atoms with Crippen LogP contribution in [0.5, 0.6) is 0 Å². The molecule has 1 unspecified atom stereocenters. The third kappa shape index (κ3) is 3.44. The van der Waals surface area contributed by atoms with Crippen LogP contribution in [0.25, 0.3) is 0 Å². The normalized spacial score (nSPS) is 14.2. The predicted molar refractivity (Wildman–Crippen MR) is 73.5 cm³/mol. The van der Waals surface area contributed by atoms with E-state index in [0.29, 0.717) is 17.1 Å². The molecule has 17 heavy (non-hydrogen) atoms. The van der Waals surface area contributed by atoms with E-state index < -0.39 is 5.60 Å². The SMILES string of the molecule is CCC(C)(OC)C(=O)Nc1cc(Br)ccc1Cl. The van der Waals surface area contributed by atoms with Crippen LogP contribution in [-0.4, -0.2) is 18.6 Å². The van der Waals surface area contributed by atoms with E-state index in [1.807, 2.05) is 13.0 Å². The first kappa shape index (κ1) is 14.5. The van der Waals surface area contributed by atoms with E-state index in [0.717, 1.165) is 4.47 Å². The van der Waals surface area contributed by atoms with E-state index in [9.17, 15) is 4.79 Å². The highest BCUT2D eigenvalue weighted by molar-refractivity contribution is 9.10. The monoisotopic (exact) mass is 319 g/mol. The molecule has 1 atom stereocenters. The number of nitrogens with one attached hydrogen (secondary N) is 1. The van der Waals surface area contributed by atoms with Crippen molar-refractivity contribution in [3.8, 4) is 0 Å². The van der Waals surface area contributed by atoms with E-state index in [4.69, 9.17) is 16.3 Å². The number of anilines is 1. The Morgan fingerprint density at radius 1 is 1.59 bits per heavy atom. The number of hydrogen-bond donors (Lipinski definition) is 1. The average Bonchev–Trinajstić information content (AvgIpc) is 2.32. The number of rotatable bonds is 4. The number of hydrogen-bond acceptors (Lipinski definition) is 2. The standard InChI is InChI=1S/C12H15BrClNO2/c1-4-12(2,17-3)11(16)15-10-7-8(13)5-6-9(10)14/h5-7H,4H2,1-3H3,(H,15,16). The summed E-state index contributed by atoms with van der Waals surface area (Å²) < 4.78 is 6.08. The van der Waals surface area contributed by atoms with Gasteiger partial charge in [-0.15, -0.1) is 0 Å². The molecule has 1 aromatic rings. The van der Waals surface area contributed by atoms with Crippen LogP contribution in [0.1, 0.15) is 20.3 Å². The summed E-state index contributed by atoms with van der Waals surface area (Å²) in [4.78, 5) is 12.0. The van der Waals surface area contributed by atoms with E-state index in [1.54, 1.807) is 19.1 Å². The summed E-state index contributed by atoms with van der Waals surface area (Å²) in [6.07, 6.45) is 0.584. The van der Waals surface area contributed by atoms with Gasteiger partial charge in [0.15, 0.2) is 0 Å². The van der Waals surface area contributed by atoms with Gasteiger partial charge in [0.2, 0.25) is 0 Å². The fourth-order valence-electron chi connectivity index (χ4n) is 1.25. The molecular formula is C12H15BrClNO2. The van der Waals surface area contributed by atoms with E-state index in [-0.39, 0.29) is 5.91 Å². The van der Waals surface area contributed by atoms with Crippen molar-refractivity contribution in [3.05, 3.63) is 27.7 Å². The largest absolute Gasteiger partial charge is 0.369 e. The molecule has 0 aliphatic carbocycles. The Kier molecular flexibility index (Phi) is 4.98. The molecule has 0 heterocycles. The number of methoxy groups -OCH3 is 1. The highest BCUT2D eigenvalue weighted by Crippen LogP contribution is 2.27. The second-order valence-electron chi connectivity index (χ2n) is 3.87. The van der Waals surface area contributed by atoms with Gasteiger partial charge in [0.1, 0.15) is 5.60 Å². The summed E-state index contributed by atoms with van der Waals surface area (Å²) in [6.45, 7) is 3.64. The minimum Gasteiger partial charge on any atom is -0.369 e. The van der Waals surface area contributed by atoms with Gasteiger partial charge in [-0.2, -0.15) is 0 Å². The van der Waals surface area contributed by atoms with Gasteiger partial charge in [-0.1, -0.05) is 34.5 Å². The fraction of sp³-hybridized carbons (Fsp3) is 0.417. The lowest BCUT2D eigenvalue weighted by Gasteiger charge is -2.25. The minimum atomic E-state index is -0.842. The summed E-state index contributed by atoms with van der Waals surface area (Å²) in [5, 5.41) is 3.26. The van der Waals surface area contributed by atoms with Gasteiger partial charge in [0, 0.05) is 11.6 Å².